The van der Waals surface area contributed by atoms with Crippen LogP contribution in [0.5, 0.6) is 5.75 Å². The summed E-state index contributed by atoms with van der Waals surface area (Å²) >= 11 is 7.85. The summed E-state index contributed by atoms with van der Waals surface area (Å²) in [4.78, 5) is 15.9. The molecule has 0 unspecified atom stereocenters. The minimum atomic E-state index is -1.05. The van der Waals surface area contributed by atoms with Crippen LogP contribution in [0.3, 0.4) is 0 Å². The third-order valence-corrected chi connectivity index (χ3v) is 4.98. The predicted octanol–water partition coefficient (Wildman–Crippen LogP) is 4.67. The first-order valence-electron chi connectivity index (χ1n) is 7.21. The number of nitrogens with one attached hydrogen (secondary N) is 1. The first-order valence-corrected chi connectivity index (χ1v) is 9.61. The lowest BCUT2D eigenvalue weighted by Gasteiger charge is -2.10. The van der Waals surface area contributed by atoms with Crippen molar-refractivity contribution in [2.45, 2.75) is 18.5 Å². The molecule has 0 fully saturated rings. The molecule has 9 heteroatoms. The Labute approximate surface area is 166 Å². The van der Waals surface area contributed by atoms with Crippen molar-refractivity contribution < 1.29 is 14.6 Å². The molecule has 0 aliphatic heterocycles. The average Bonchev–Trinajstić information content (AvgIpc) is 3.01. The fraction of sp³-hybridized carbons (Fsp3) is 0.188. The number of thioether (sulfide) groups is 1. The molecule has 0 saturated heterocycles. The second-order valence-corrected chi connectivity index (χ2v) is 7.47. The Morgan fingerprint density at radius 2 is 2.12 bits per heavy atom. The van der Waals surface area contributed by atoms with Crippen molar-refractivity contribution in [3.63, 3.8) is 0 Å². The van der Waals surface area contributed by atoms with E-state index in [0.717, 1.165) is 11.8 Å². The highest BCUT2D eigenvalue weighted by molar-refractivity contribution is 9.11. The van der Waals surface area contributed by atoms with Gasteiger partial charge in [-0.3, -0.25) is 5.10 Å². The van der Waals surface area contributed by atoms with E-state index in [0.29, 0.717) is 44.3 Å². The van der Waals surface area contributed by atoms with Crippen LogP contribution in [0, 0.1) is 0 Å². The van der Waals surface area contributed by atoms with Crippen molar-refractivity contribution in [2.75, 3.05) is 6.61 Å². The second kappa shape index (κ2) is 9.21. The van der Waals surface area contributed by atoms with Gasteiger partial charge in [-0.25, -0.2) is 9.78 Å². The van der Waals surface area contributed by atoms with E-state index in [9.17, 15) is 9.90 Å². The molecule has 2 rings (SSSR count). The number of halogens is 2. The molecule has 0 spiro atoms. The molecule has 25 heavy (non-hydrogen) atoms. The number of hydrogen-bond acceptors (Lipinski definition) is 5. The van der Waals surface area contributed by atoms with Crippen molar-refractivity contribution in [3.8, 4) is 5.75 Å². The second-order valence-electron chi connectivity index (χ2n) is 4.75. The van der Waals surface area contributed by atoms with Crippen molar-refractivity contribution >= 4 is 55.7 Å². The van der Waals surface area contributed by atoms with E-state index in [-0.39, 0.29) is 4.91 Å². The van der Waals surface area contributed by atoms with Gasteiger partial charge in [0.2, 0.25) is 5.16 Å². The Bertz CT molecular complexity index is 798. The summed E-state index contributed by atoms with van der Waals surface area (Å²) in [5, 5.41) is 16.6. The zero-order chi connectivity index (χ0) is 18.4. The van der Waals surface area contributed by atoms with Crippen molar-refractivity contribution in [2.24, 2.45) is 0 Å². The lowest BCUT2D eigenvalue weighted by atomic mass is 10.2. The maximum Gasteiger partial charge on any atom is 0.342 e. The van der Waals surface area contributed by atoms with Crippen LogP contribution in [0.1, 0.15) is 18.3 Å². The predicted molar refractivity (Wildman–Crippen MR) is 105 cm³/mol. The number of aromatic amines is 1. The van der Waals surface area contributed by atoms with Gasteiger partial charge in [-0.1, -0.05) is 19.6 Å². The monoisotopic (exact) mass is 487 g/mol. The van der Waals surface area contributed by atoms with Gasteiger partial charge >= 0.3 is 5.97 Å². The first kappa shape index (κ1) is 19.7. The van der Waals surface area contributed by atoms with Gasteiger partial charge in [0.05, 0.1) is 8.95 Å². The fourth-order valence-electron chi connectivity index (χ4n) is 1.81. The molecule has 2 N–H and O–H groups in total. The Kier molecular flexibility index (Phi) is 7.27. The lowest BCUT2D eigenvalue weighted by Crippen LogP contribution is -1.98. The van der Waals surface area contributed by atoms with Gasteiger partial charge in [0, 0.05) is 6.42 Å². The number of aryl methyl sites for hydroxylation is 1. The molecular formula is C16H15Br2N3O3S. The van der Waals surface area contributed by atoms with E-state index in [4.69, 9.17) is 4.74 Å². The minimum Gasteiger partial charge on any atom is -0.487 e. The smallest absolute Gasteiger partial charge is 0.342 e. The SMILES string of the molecule is C=CCOc1c(Br)cc(/C=C(\Sc2n[nH]c(CC)n2)C(=O)O)cc1Br. The number of nitrogens with zero attached hydrogens (tertiary/aromatic N) is 2. The van der Waals surface area contributed by atoms with Crippen LogP contribution in [0.15, 0.2) is 43.8 Å². The Morgan fingerprint density at radius 3 is 2.64 bits per heavy atom. The molecule has 2 aromatic rings. The number of aliphatic carboxylic acids is 1. The fourth-order valence-corrected chi connectivity index (χ4v) is 3.99. The number of benzene rings is 1. The Morgan fingerprint density at radius 1 is 1.44 bits per heavy atom. The number of H-pyrrole nitrogens is 1. The van der Waals surface area contributed by atoms with Gasteiger partial charge in [0.25, 0.3) is 0 Å². The zero-order valence-corrected chi connectivity index (χ0v) is 17.2. The molecule has 1 aromatic heterocycles. The molecule has 0 aliphatic carbocycles. The number of carboxylic acids is 1. The van der Waals surface area contributed by atoms with E-state index in [1.807, 2.05) is 6.92 Å². The molecule has 1 heterocycles. The number of rotatable bonds is 8. The highest BCUT2D eigenvalue weighted by Gasteiger charge is 2.15. The van der Waals surface area contributed by atoms with E-state index >= 15 is 0 Å². The van der Waals surface area contributed by atoms with Gasteiger partial charge in [-0.2, -0.15) is 0 Å². The summed E-state index contributed by atoms with van der Waals surface area (Å²) in [5.74, 6) is 0.289. The zero-order valence-electron chi connectivity index (χ0n) is 13.3. The van der Waals surface area contributed by atoms with E-state index in [2.05, 4.69) is 53.6 Å². The average molecular weight is 489 g/mol. The molecule has 0 aliphatic rings. The molecule has 132 valence electrons. The third-order valence-electron chi connectivity index (χ3n) is 2.92. The maximum atomic E-state index is 11.5. The Hall–Kier alpha value is -1.58. The standard InChI is InChI=1S/C16H15Br2N3O3S/c1-3-5-24-14-10(17)6-9(7-11(14)18)8-12(15(22)23)25-16-19-13(4-2)20-21-16/h3,6-8H,1,4-5H2,2H3,(H,22,23)(H,19,20,21)/b12-8-. The highest BCUT2D eigenvalue weighted by Crippen LogP contribution is 2.36. The number of carbonyl (C=O) groups is 1. The minimum absolute atomic E-state index is 0.111. The van der Waals surface area contributed by atoms with E-state index < -0.39 is 5.97 Å². The quantitative estimate of drug-likeness (QED) is 0.318. The Balaban J connectivity index is 2.30. The molecular weight excluding hydrogens is 474 g/mol. The molecule has 0 radical (unpaired) electrons. The van der Waals surface area contributed by atoms with Crippen molar-refractivity contribution in [1.29, 1.82) is 0 Å². The van der Waals surface area contributed by atoms with Gasteiger partial charge in [-0.05, 0) is 67.4 Å². The van der Waals surface area contributed by atoms with Crippen LogP contribution in [0.25, 0.3) is 6.08 Å². The van der Waals surface area contributed by atoms with Gasteiger partial charge in [0.15, 0.2) is 0 Å². The number of aromatic nitrogens is 3. The summed E-state index contributed by atoms with van der Waals surface area (Å²) in [6, 6.07) is 3.56. The van der Waals surface area contributed by atoms with E-state index in [1.54, 1.807) is 24.3 Å². The lowest BCUT2D eigenvalue weighted by molar-refractivity contribution is -0.131. The van der Waals surface area contributed by atoms with Crippen LogP contribution in [0.4, 0.5) is 0 Å². The summed E-state index contributed by atoms with van der Waals surface area (Å²) in [5.41, 5.74) is 0.695. The molecule has 6 nitrogen and oxygen atoms in total. The normalized spacial score (nSPS) is 11.4. The van der Waals surface area contributed by atoms with Gasteiger partial charge < -0.3 is 9.84 Å². The highest BCUT2D eigenvalue weighted by atomic mass is 79.9. The van der Waals surface area contributed by atoms with Crippen LogP contribution in [-0.4, -0.2) is 32.9 Å². The van der Waals surface area contributed by atoms with Crippen LogP contribution >= 0.6 is 43.6 Å². The van der Waals surface area contributed by atoms with Crippen molar-refractivity contribution in [3.05, 3.63) is 50.0 Å². The van der Waals surface area contributed by atoms with Gasteiger partial charge in [0.1, 0.15) is 23.1 Å². The first-order chi connectivity index (χ1) is 11.9. The molecule has 0 saturated carbocycles. The largest absolute Gasteiger partial charge is 0.487 e. The van der Waals surface area contributed by atoms with Crippen LogP contribution in [0.2, 0.25) is 0 Å². The van der Waals surface area contributed by atoms with Crippen molar-refractivity contribution in [1.82, 2.24) is 15.2 Å². The number of carboxylic acid groups (broad SMARTS) is 1. The molecule has 0 bridgehead atoms. The summed E-state index contributed by atoms with van der Waals surface area (Å²) in [7, 11) is 0. The van der Waals surface area contributed by atoms with Crippen LogP contribution < -0.4 is 4.74 Å². The van der Waals surface area contributed by atoms with Crippen LogP contribution in [-0.2, 0) is 11.2 Å². The molecule has 0 atom stereocenters. The summed E-state index contributed by atoms with van der Waals surface area (Å²) in [6.07, 6.45) is 3.90. The third kappa shape index (κ3) is 5.45. The number of ether oxygens (including phenoxy) is 1. The molecule has 1 aromatic carbocycles. The van der Waals surface area contributed by atoms with Gasteiger partial charge in [-0.15, -0.1) is 5.10 Å². The summed E-state index contributed by atoms with van der Waals surface area (Å²) < 4.78 is 6.97. The van der Waals surface area contributed by atoms with E-state index in [1.165, 1.54) is 0 Å². The molecule has 0 amide bonds. The maximum absolute atomic E-state index is 11.5. The topological polar surface area (TPSA) is 88.1 Å². The summed E-state index contributed by atoms with van der Waals surface area (Å²) in [6.45, 7) is 5.92. The number of hydrogen-bond donors (Lipinski definition) is 2.